The van der Waals surface area contributed by atoms with Crippen molar-refractivity contribution in [3.63, 3.8) is 0 Å². The number of aromatic nitrogens is 2. The van der Waals surface area contributed by atoms with Crippen LogP contribution in [-0.4, -0.2) is 31.8 Å². The van der Waals surface area contributed by atoms with E-state index in [4.69, 9.17) is 0 Å². The van der Waals surface area contributed by atoms with Crippen LogP contribution in [0.1, 0.15) is 26.8 Å². The van der Waals surface area contributed by atoms with Crippen molar-refractivity contribution in [2.24, 2.45) is 0 Å². The fourth-order valence-electron chi connectivity index (χ4n) is 1.46. The zero-order valence-corrected chi connectivity index (χ0v) is 10.5. The van der Waals surface area contributed by atoms with Crippen LogP contribution in [0.25, 0.3) is 0 Å². The Morgan fingerprint density at radius 3 is 2.73 bits per heavy atom. The molecule has 0 aliphatic carbocycles. The quantitative estimate of drug-likeness (QED) is 0.835. The number of hydrogen-bond donors (Lipinski definition) is 1. The topological polar surface area (TPSA) is 46.9 Å². The van der Waals surface area contributed by atoms with Gasteiger partial charge in [-0.25, -0.2) is 4.98 Å². The van der Waals surface area contributed by atoms with Crippen LogP contribution in [0.2, 0.25) is 0 Å². The Balaban J connectivity index is 2.63. The van der Waals surface area contributed by atoms with Crippen LogP contribution in [0.4, 0.5) is 5.95 Å². The number of rotatable bonds is 5. The third kappa shape index (κ3) is 3.66. The number of anilines is 1. The second-order valence-electron chi connectivity index (χ2n) is 4.04. The van der Waals surface area contributed by atoms with E-state index in [1.807, 2.05) is 13.1 Å². The summed E-state index contributed by atoms with van der Waals surface area (Å²) in [7, 11) is -0.774. The van der Waals surface area contributed by atoms with Crippen molar-refractivity contribution in [3.8, 4) is 0 Å². The molecule has 0 amide bonds. The third-order valence-corrected chi connectivity index (χ3v) is 3.05. The highest BCUT2D eigenvalue weighted by Gasteiger charge is 2.09. The van der Waals surface area contributed by atoms with E-state index in [1.165, 1.54) is 0 Å². The Labute approximate surface area is 93.5 Å². The van der Waals surface area contributed by atoms with Gasteiger partial charge >= 0.3 is 0 Å². The fraction of sp³-hybridized carbons (Fsp3) is 0.700. The second-order valence-corrected chi connectivity index (χ2v) is 5.52. The van der Waals surface area contributed by atoms with E-state index in [0.717, 1.165) is 5.95 Å². The predicted molar refractivity (Wildman–Crippen MR) is 64.6 cm³/mol. The molecule has 1 rings (SSSR count). The zero-order chi connectivity index (χ0) is 11.4. The van der Waals surface area contributed by atoms with Crippen LogP contribution in [0, 0.1) is 0 Å². The van der Waals surface area contributed by atoms with Crippen molar-refractivity contribution in [2.75, 3.05) is 17.3 Å². The van der Waals surface area contributed by atoms with Gasteiger partial charge in [0, 0.05) is 47.3 Å². The molecule has 1 heterocycles. The maximum absolute atomic E-state index is 11.0. The molecule has 0 spiro atoms. The van der Waals surface area contributed by atoms with Crippen LogP contribution in [0.5, 0.6) is 0 Å². The van der Waals surface area contributed by atoms with E-state index in [2.05, 4.69) is 28.7 Å². The van der Waals surface area contributed by atoms with Crippen molar-refractivity contribution in [2.45, 2.75) is 32.9 Å². The van der Waals surface area contributed by atoms with E-state index in [0.29, 0.717) is 11.8 Å². The molecule has 1 aromatic rings. The summed E-state index contributed by atoms with van der Waals surface area (Å²) in [5, 5.41) is 3.26. The summed E-state index contributed by atoms with van der Waals surface area (Å²) in [5.74, 6) is 1.49. The smallest absolute Gasteiger partial charge is 0.203 e. The Bertz CT molecular complexity index is 335. The molecular weight excluding hydrogens is 210 g/mol. The molecule has 86 valence electrons. The predicted octanol–water partition coefficient (Wildman–Crippen LogP) is 1.64. The Morgan fingerprint density at radius 1 is 1.53 bits per heavy atom. The van der Waals surface area contributed by atoms with Crippen molar-refractivity contribution >= 4 is 16.7 Å². The van der Waals surface area contributed by atoms with Gasteiger partial charge in [-0.3, -0.25) is 4.21 Å². The highest BCUT2D eigenvalue weighted by atomic mass is 32.2. The summed E-state index contributed by atoms with van der Waals surface area (Å²) in [6, 6.07) is 0.560. The Kier molecular flexibility index (Phi) is 4.32. The minimum atomic E-state index is -0.774. The molecule has 15 heavy (non-hydrogen) atoms. The lowest BCUT2D eigenvalue weighted by Crippen LogP contribution is -2.24. The maximum atomic E-state index is 11.0. The molecule has 2 unspecified atom stereocenters. The van der Waals surface area contributed by atoms with Crippen molar-refractivity contribution < 1.29 is 4.21 Å². The van der Waals surface area contributed by atoms with Gasteiger partial charge in [0.25, 0.3) is 0 Å². The molecule has 0 aliphatic heterocycles. The van der Waals surface area contributed by atoms with E-state index < -0.39 is 10.8 Å². The lowest BCUT2D eigenvalue weighted by molar-refractivity contribution is 0.601. The maximum Gasteiger partial charge on any atom is 0.203 e. The SMILES string of the molecule is CC(CS(C)=O)Nc1nccn1C(C)C. The molecule has 5 heteroatoms. The highest BCUT2D eigenvalue weighted by Crippen LogP contribution is 2.13. The monoisotopic (exact) mass is 229 g/mol. The van der Waals surface area contributed by atoms with Gasteiger partial charge in [0.1, 0.15) is 0 Å². The van der Waals surface area contributed by atoms with Gasteiger partial charge in [-0.1, -0.05) is 0 Å². The fourth-order valence-corrected chi connectivity index (χ4v) is 2.24. The first-order valence-corrected chi connectivity index (χ1v) is 6.82. The van der Waals surface area contributed by atoms with Crippen LogP contribution in [0.15, 0.2) is 12.4 Å². The molecule has 0 fully saturated rings. The number of nitrogens with zero attached hydrogens (tertiary/aromatic N) is 2. The average Bonchev–Trinajstić information content (AvgIpc) is 2.50. The van der Waals surface area contributed by atoms with Gasteiger partial charge in [-0.05, 0) is 20.8 Å². The molecule has 0 aromatic carbocycles. The van der Waals surface area contributed by atoms with Crippen LogP contribution >= 0.6 is 0 Å². The van der Waals surface area contributed by atoms with Gasteiger partial charge in [0.15, 0.2) is 0 Å². The first-order valence-electron chi connectivity index (χ1n) is 5.10. The summed E-state index contributed by atoms with van der Waals surface area (Å²) in [5.41, 5.74) is 0. The largest absolute Gasteiger partial charge is 0.352 e. The van der Waals surface area contributed by atoms with Gasteiger partial charge in [-0.2, -0.15) is 0 Å². The number of hydrogen-bond acceptors (Lipinski definition) is 3. The van der Waals surface area contributed by atoms with E-state index in [9.17, 15) is 4.21 Å². The summed E-state index contributed by atoms with van der Waals surface area (Å²) in [4.78, 5) is 4.24. The summed E-state index contributed by atoms with van der Waals surface area (Å²) >= 11 is 0. The van der Waals surface area contributed by atoms with Gasteiger partial charge in [0.2, 0.25) is 5.95 Å². The lowest BCUT2D eigenvalue weighted by atomic mass is 10.4. The average molecular weight is 229 g/mol. The Morgan fingerprint density at radius 2 is 2.20 bits per heavy atom. The van der Waals surface area contributed by atoms with Crippen molar-refractivity contribution in [1.82, 2.24) is 9.55 Å². The number of nitrogens with one attached hydrogen (secondary N) is 1. The molecule has 1 aromatic heterocycles. The van der Waals surface area contributed by atoms with E-state index in [1.54, 1.807) is 12.5 Å². The van der Waals surface area contributed by atoms with Crippen LogP contribution in [-0.2, 0) is 10.8 Å². The van der Waals surface area contributed by atoms with Crippen LogP contribution in [0.3, 0.4) is 0 Å². The van der Waals surface area contributed by atoms with E-state index in [-0.39, 0.29) is 6.04 Å². The normalized spacial score (nSPS) is 15.3. The Hall–Kier alpha value is -0.840. The zero-order valence-electron chi connectivity index (χ0n) is 9.73. The standard InChI is InChI=1S/C10H19N3OS/c1-8(2)13-6-5-11-10(13)12-9(3)7-15(4)14/h5-6,8-9H,7H2,1-4H3,(H,11,12). The first-order chi connectivity index (χ1) is 7.00. The van der Waals surface area contributed by atoms with Crippen LogP contribution < -0.4 is 5.32 Å². The van der Waals surface area contributed by atoms with Gasteiger partial charge in [-0.15, -0.1) is 0 Å². The molecule has 0 bridgehead atoms. The summed E-state index contributed by atoms with van der Waals surface area (Å²) in [6.07, 6.45) is 5.44. The third-order valence-electron chi connectivity index (χ3n) is 2.09. The molecule has 0 aliphatic rings. The van der Waals surface area contributed by atoms with Crippen molar-refractivity contribution in [3.05, 3.63) is 12.4 Å². The minimum absolute atomic E-state index is 0.177. The van der Waals surface area contributed by atoms with Crippen molar-refractivity contribution in [1.29, 1.82) is 0 Å². The molecule has 0 saturated heterocycles. The molecular formula is C10H19N3OS. The molecule has 2 atom stereocenters. The molecule has 0 radical (unpaired) electrons. The molecule has 1 N–H and O–H groups in total. The van der Waals surface area contributed by atoms with Gasteiger partial charge in [0.05, 0.1) is 0 Å². The van der Waals surface area contributed by atoms with E-state index >= 15 is 0 Å². The number of imidazole rings is 1. The summed E-state index contributed by atoms with van der Waals surface area (Å²) in [6.45, 7) is 6.23. The second kappa shape index (κ2) is 5.30. The summed E-state index contributed by atoms with van der Waals surface area (Å²) < 4.78 is 13.1. The molecule has 4 nitrogen and oxygen atoms in total. The first kappa shape index (κ1) is 12.2. The highest BCUT2D eigenvalue weighted by molar-refractivity contribution is 7.84. The lowest BCUT2D eigenvalue weighted by Gasteiger charge is -2.16. The van der Waals surface area contributed by atoms with Gasteiger partial charge < -0.3 is 9.88 Å². The molecule has 0 saturated carbocycles. The minimum Gasteiger partial charge on any atom is -0.352 e.